The second-order valence-corrected chi connectivity index (χ2v) is 24.6. The zero-order valence-electron chi connectivity index (χ0n) is 57.4. The number of alkyl carbamates (subject to hydrolysis) is 2. The minimum atomic E-state index is -1.74. The highest BCUT2D eigenvalue weighted by molar-refractivity contribution is 5.99. The van der Waals surface area contributed by atoms with E-state index in [1.807, 2.05) is 78.9 Å². The number of aliphatic hydroxyl groups excluding tert-OH is 1. The highest BCUT2D eigenvalue weighted by atomic mass is 16.6. The van der Waals surface area contributed by atoms with Crippen LogP contribution in [0.2, 0.25) is 0 Å². The fraction of sp³-hybridized carbons (Fsp3) is 0.365. The molecule has 0 aromatic heterocycles. The number of hydrogen-bond acceptors (Lipinski definition) is 16. The average molecular weight is 1390 g/mol. The molecule has 6 aromatic carbocycles. The largest absolute Gasteiger partial charge is 0.489 e. The highest BCUT2D eigenvalue weighted by Gasteiger charge is 2.41. The van der Waals surface area contributed by atoms with Gasteiger partial charge in [0.1, 0.15) is 74.5 Å². The van der Waals surface area contributed by atoms with Crippen LogP contribution in [0.1, 0.15) is 105 Å². The number of carbonyl (C=O) groups is 10. The predicted molar refractivity (Wildman–Crippen MR) is 372 cm³/mol. The van der Waals surface area contributed by atoms with Crippen molar-refractivity contribution in [3.05, 3.63) is 197 Å². The second-order valence-electron chi connectivity index (χ2n) is 24.6. The number of carbonyl (C=O) groups excluding carboxylic acids is 9. The number of guanidine groups is 1. The first-order valence-corrected chi connectivity index (χ1v) is 33.0. The molecule has 0 spiro atoms. The van der Waals surface area contributed by atoms with Gasteiger partial charge in [0.15, 0.2) is 0 Å². The third-order valence-electron chi connectivity index (χ3n) is 16.8. The standard InChI is InChI=1S/C74H88N10O17/c1-45(2)40-59(68(90)84(6)60(37-38-61(75)86)66(88)79-63(69(91)83(5)46(3)70(92)93)64(97-7)51-33-35-52(36-34-51)98-41-48-22-11-8-12-23-48)78-65(87)58(77-67(89)62(47(4)85)80-72(94)101-44-57-55-30-19-17-28-53(55)54-29-18-20-31-56(54)57)32-21-39-76-71(81-73(95)99-42-49-24-13-9-14-25-49)82-74(96)100-43-50-26-15-10-16-27-50/h8-20,22-31,33-36,45-47,57-60,62-64,85H,21,32,37-44H2,1-7H3,(H2,75,86)(H,77,89)(H,78,87)(H,79,88)(H,80,94)(H,92,93)(H2,76,81,82,95,96)/t46-,47+,58+,59-,60-,62-,63+,64+/m0/s1. The molecule has 0 unspecified atom stereocenters. The number of primary amides is 1. The summed E-state index contributed by atoms with van der Waals surface area (Å²) in [7, 11) is 3.74. The molecular weight excluding hydrogens is 1300 g/mol. The van der Waals surface area contributed by atoms with Crippen molar-refractivity contribution >= 4 is 65.7 Å². The number of amides is 9. The van der Waals surface area contributed by atoms with Gasteiger partial charge in [-0.05, 0) is 102 Å². The van der Waals surface area contributed by atoms with Crippen LogP contribution in [-0.4, -0.2) is 162 Å². The molecule has 536 valence electrons. The molecule has 10 N–H and O–H groups in total. The summed E-state index contributed by atoms with van der Waals surface area (Å²) in [5, 5.41) is 36.8. The maximum atomic E-state index is 15.2. The molecule has 27 nitrogen and oxygen atoms in total. The van der Waals surface area contributed by atoms with Crippen LogP contribution in [0.3, 0.4) is 0 Å². The summed E-state index contributed by atoms with van der Waals surface area (Å²) < 4.78 is 28.3. The number of carboxylic acids is 1. The van der Waals surface area contributed by atoms with Crippen molar-refractivity contribution in [3.63, 3.8) is 0 Å². The quantitative estimate of drug-likeness (QED) is 0.00872. The first kappa shape index (κ1) is 77.2. The number of benzene rings is 6. The van der Waals surface area contributed by atoms with Crippen molar-refractivity contribution in [2.45, 2.75) is 134 Å². The van der Waals surface area contributed by atoms with Crippen molar-refractivity contribution in [2.75, 3.05) is 34.4 Å². The predicted octanol–water partition coefficient (Wildman–Crippen LogP) is 6.75. The number of fused-ring (bicyclic) bond motifs is 3. The van der Waals surface area contributed by atoms with Gasteiger partial charge >= 0.3 is 24.2 Å². The van der Waals surface area contributed by atoms with Crippen LogP contribution in [0, 0.1) is 5.92 Å². The van der Waals surface area contributed by atoms with Crippen LogP contribution < -0.4 is 42.4 Å². The Labute approximate surface area is 585 Å². The minimum absolute atomic E-state index is 0.0800. The molecule has 27 heteroatoms. The summed E-state index contributed by atoms with van der Waals surface area (Å²) in [5.41, 5.74) is 12.0. The van der Waals surface area contributed by atoms with Crippen LogP contribution in [0.5, 0.6) is 5.75 Å². The normalized spacial score (nSPS) is 14.0. The zero-order valence-corrected chi connectivity index (χ0v) is 57.4. The Hall–Kier alpha value is -11.2. The van der Waals surface area contributed by atoms with E-state index in [9.17, 15) is 48.6 Å². The Bertz CT molecular complexity index is 3780. The lowest BCUT2D eigenvalue weighted by Crippen LogP contribution is -2.61. The number of carboxylic acid groups (broad SMARTS) is 1. The molecule has 0 bridgehead atoms. The zero-order chi connectivity index (χ0) is 73.1. The van der Waals surface area contributed by atoms with E-state index in [2.05, 4.69) is 36.9 Å². The Kier molecular flexibility index (Phi) is 29.2. The van der Waals surface area contributed by atoms with Gasteiger partial charge in [0, 0.05) is 40.1 Å². The maximum Gasteiger partial charge on any atom is 0.437 e. The van der Waals surface area contributed by atoms with Gasteiger partial charge in [-0.15, -0.1) is 4.99 Å². The molecule has 101 heavy (non-hydrogen) atoms. The van der Waals surface area contributed by atoms with E-state index in [4.69, 9.17) is 29.4 Å². The van der Waals surface area contributed by atoms with Gasteiger partial charge in [0.05, 0.1) is 6.10 Å². The number of nitrogens with zero attached hydrogens (tertiary/aromatic N) is 3. The number of hydrogen-bond donors (Lipinski definition) is 9. The molecular formula is C74H88N10O17. The Balaban J connectivity index is 1.14. The number of likely N-dealkylation sites (N-methyl/N-ethyl adjacent to an activating group) is 2. The first-order valence-electron chi connectivity index (χ1n) is 33.0. The number of nitrogens with one attached hydrogen (secondary N) is 6. The molecule has 1 aliphatic carbocycles. The molecule has 0 fully saturated rings. The maximum absolute atomic E-state index is 15.2. The first-order chi connectivity index (χ1) is 48.4. The third kappa shape index (κ3) is 22.9. The minimum Gasteiger partial charge on any atom is -0.489 e. The second kappa shape index (κ2) is 38.2. The third-order valence-corrected chi connectivity index (χ3v) is 16.8. The number of methoxy groups -OCH3 is 1. The molecule has 6 aromatic rings. The molecule has 9 amide bonds. The van der Waals surface area contributed by atoms with Crippen LogP contribution >= 0.6 is 0 Å². The molecule has 0 heterocycles. The Morgan fingerprint density at radius 2 is 1.12 bits per heavy atom. The summed E-state index contributed by atoms with van der Waals surface area (Å²) in [4.78, 5) is 145. The topological polar surface area (TPSA) is 374 Å². The number of nitrogens with two attached hydrogens (primary N) is 1. The average Bonchev–Trinajstić information content (AvgIpc) is 1.65. The lowest BCUT2D eigenvalue weighted by atomic mass is 9.98. The fourth-order valence-corrected chi connectivity index (χ4v) is 11.2. The van der Waals surface area contributed by atoms with Gasteiger partial charge in [0.2, 0.25) is 41.4 Å². The fourth-order valence-electron chi connectivity index (χ4n) is 11.2. The number of aliphatic hydroxyl groups is 1. The van der Waals surface area contributed by atoms with Crippen molar-refractivity contribution in [3.8, 4) is 16.9 Å². The molecule has 0 saturated carbocycles. The molecule has 1 aliphatic rings. The summed E-state index contributed by atoms with van der Waals surface area (Å²) in [6.45, 7) is 5.58. The Morgan fingerprint density at radius 1 is 0.574 bits per heavy atom. The number of ether oxygens (including phenoxy) is 5. The van der Waals surface area contributed by atoms with Gasteiger partial charge in [-0.2, -0.15) is 0 Å². The monoisotopic (exact) mass is 1390 g/mol. The molecule has 0 saturated heterocycles. The van der Waals surface area contributed by atoms with E-state index in [1.165, 1.54) is 35.1 Å². The van der Waals surface area contributed by atoms with E-state index < -0.39 is 127 Å². The van der Waals surface area contributed by atoms with Crippen LogP contribution in [0.15, 0.2) is 169 Å². The van der Waals surface area contributed by atoms with Crippen molar-refractivity contribution in [1.82, 2.24) is 41.7 Å². The van der Waals surface area contributed by atoms with Gasteiger partial charge in [-0.3, -0.25) is 34.1 Å². The van der Waals surface area contributed by atoms with Crippen LogP contribution in [0.25, 0.3) is 11.1 Å². The number of aliphatic imine (C=N–C) groups is 1. The van der Waals surface area contributed by atoms with Gasteiger partial charge in [-0.25, -0.2) is 19.2 Å². The van der Waals surface area contributed by atoms with Gasteiger partial charge in [0.25, 0.3) is 0 Å². The van der Waals surface area contributed by atoms with Crippen molar-refractivity contribution in [1.29, 1.82) is 0 Å². The van der Waals surface area contributed by atoms with Crippen LogP contribution in [0.4, 0.5) is 14.4 Å². The number of rotatable bonds is 34. The summed E-state index contributed by atoms with van der Waals surface area (Å²) in [6, 6.07) is 39.1. The number of aliphatic carboxylic acids is 1. The van der Waals surface area contributed by atoms with E-state index in [1.54, 1.807) is 98.8 Å². The van der Waals surface area contributed by atoms with E-state index in [-0.39, 0.29) is 64.1 Å². The lowest BCUT2D eigenvalue weighted by molar-refractivity contribution is -0.152. The smallest absolute Gasteiger partial charge is 0.437 e. The molecule has 0 aliphatic heterocycles. The SMILES string of the molecule is CO[C@H](c1ccc(OCc2ccccc2)cc1)[C@@H](NC(=O)[C@H](CCC(N)=O)N(C)C(=O)[C@H](CC(C)C)NC(=O)[C@@H](CCCN/C(=N\C(=O)OCc1ccccc1)NC(=O)OCc1ccccc1)NC(=O)[C@@H](NC(=O)OCC1c2ccccc2-c2ccccc21)[C@@H](C)O)C(=O)N(C)[C@@H](C)C(=O)O. The molecule has 8 atom stereocenters. The molecule has 7 rings (SSSR count). The van der Waals surface area contributed by atoms with Crippen molar-refractivity contribution in [2.24, 2.45) is 16.6 Å². The Morgan fingerprint density at radius 3 is 1.66 bits per heavy atom. The summed E-state index contributed by atoms with van der Waals surface area (Å²) in [6.07, 6.45) is -7.43. The van der Waals surface area contributed by atoms with Crippen LogP contribution in [-0.2, 0) is 72.3 Å². The highest BCUT2D eigenvalue weighted by Crippen LogP contribution is 2.44. The van der Waals surface area contributed by atoms with E-state index in [0.717, 1.165) is 37.6 Å². The lowest BCUT2D eigenvalue weighted by Gasteiger charge is -2.35. The van der Waals surface area contributed by atoms with E-state index in [0.29, 0.717) is 22.4 Å². The van der Waals surface area contributed by atoms with E-state index >= 15 is 9.59 Å². The molecule has 0 radical (unpaired) electrons. The van der Waals surface area contributed by atoms with Crippen molar-refractivity contribution < 1.29 is 81.8 Å². The van der Waals surface area contributed by atoms with Gasteiger partial charge < -0.3 is 76.0 Å². The van der Waals surface area contributed by atoms with Gasteiger partial charge in [-0.1, -0.05) is 166 Å². The summed E-state index contributed by atoms with van der Waals surface area (Å²) >= 11 is 0. The summed E-state index contributed by atoms with van der Waals surface area (Å²) in [5.74, 6) is -7.75.